The van der Waals surface area contributed by atoms with Crippen molar-refractivity contribution in [3.8, 4) is 0 Å². The monoisotopic (exact) mass is 658 g/mol. The first-order valence-electron chi connectivity index (χ1n) is 16.4. The first kappa shape index (κ1) is 33.6. The number of carbonyl (C=O) groups excluding carboxylic acids is 5. The van der Waals surface area contributed by atoms with Gasteiger partial charge in [-0.1, -0.05) is 63.7 Å². The van der Waals surface area contributed by atoms with Gasteiger partial charge in [0.25, 0.3) is 0 Å². The van der Waals surface area contributed by atoms with Gasteiger partial charge in [-0.3, -0.25) is 14.4 Å². The van der Waals surface area contributed by atoms with Crippen LogP contribution in [-0.2, 0) is 38.1 Å². The van der Waals surface area contributed by atoms with Crippen LogP contribution in [0.25, 0.3) is 0 Å². The normalized spacial score (nSPS) is 36.2. The number of ketones is 1. The minimum atomic E-state index is -1.94. The fourth-order valence-corrected chi connectivity index (χ4v) is 8.48. The molecule has 4 fully saturated rings. The van der Waals surface area contributed by atoms with Crippen LogP contribution in [0, 0.1) is 29.1 Å². The van der Waals surface area contributed by atoms with Gasteiger partial charge in [0.05, 0.1) is 23.1 Å². The van der Waals surface area contributed by atoms with Gasteiger partial charge in [-0.05, 0) is 60.8 Å². The first-order valence-corrected chi connectivity index (χ1v) is 16.4. The Morgan fingerprint density at radius 2 is 1.38 bits per heavy atom. The number of rotatable bonds is 6. The van der Waals surface area contributed by atoms with Gasteiger partial charge in [0, 0.05) is 25.8 Å². The molecular formula is C38H42O10. The van der Waals surface area contributed by atoms with E-state index in [4.69, 9.17) is 23.7 Å². The van der Waals surface area contributed by atoms with Crippen LogP contribution in [0.15, 0.2) is 72.8 Å². The molecule has 1 heterocycles. The Hall–Kier alpha value is -4.31. The van der Waals surface area contributed by atoms with Crippen LogP contribution in [0.5, 0.6) is 0 Å². The summed E-state index contributed by atoms with van der Waals surface area (Å²) in [5.41, 5.74) is -2.77. The summed E-state index contributed by atoms with van der Waals surface area (Å²) in [6.45, 7) is 14.4. The molecule has 0 spiro atoms. The lowest BCUT2D eigenvalue weighted by Crippen LogP contribution is -2.58. The van der Waals surface area contributed by atoms with Crippen LogP contribution < -0.4 is 0 Å². The standard InChI is InChI=1S/C38H42O10/c1-20-19-38(47-23(4)40)29(30(20)46-34(42)25-16-12-9-13-17-25)31(44-22(3)39)21(2)27(45-33(41)24-14-10-8-11-15-24)18-26-28(36(26,5)6)32-37(7,48-32)35(38)43/h8-17,20,26-32H,2,18-19H2,1,3-7H3/t20-,26-,27+,28-,29+,30-,31-,32+,37-,38+/m0/s1. The highest BCUT2D eigenvalue weighted by Crippen LogP contribution is 2.70. The number of carbonyl (C=O) groups is 5. The number of fused-ring (bicyclic) bond motifs is 4. The largest absolute Gasteiger partial charge is 0.458 e. The molecule has 48 heavy (non-hydrogen) atoms. The van der Waals surface area contributed by atoms with Crippen LogP contribution in [0.4, 0.5) is 0 Å². The quantitative estimate of drug-likeness (QED) is 0.175. The number of Topliss-reactive ketones (excluding diaryl/α,β-unsaturated/α-hetero) is 1. The summed E-state index contributed by atoms with van der Waals surface area (Å²) in [6.07, 6.45) is -3.65. The van der Waals surface area contributed by atoms with E-state index in [2.05, 4.69) is 20.4 Å². The lowest BCUT2D eigenvalue weighted by molar-refractivity contribution is -0.183. The third-order valence-corrected chi connectivity index (χ3v) is 10.9. The number of ether oxygens (including phenoxy) is 5. The van der Waals surface area contributed by atoms with Crippen molar-refractivity contribution in [1.29, 1.82) is 0 Å². The predicted molar refractivity (Wildman–Crippen MR) is 171 cm³/mol. The van der Waals surface area contributed by atoms with E-state index in [-0.39, 0.29) is 34.8 Å². The zero-order valence-corrected chi connectivity index (χ0v) is 28.1. The molecule has 0 radical (unpaired) electrons. The van der Waals surface area contributed by atoms with Crippen molar-refractivity contribution in [1.82, 2.24) is 0 Å². The third kappa shape index (κ3) is 5.63. The van der Waals surface area contributed by atoms with Crippen molar-refractivity contribution >= 4 is 29.7 Å². The molecule has 2 aromatic carbocycles. The molecule has 10 nitrogen and oxygen atoms in total. The van der Waals surface area contributed by atoms with Gasteiger partial charge in [-0.2, -0.15) is 0 Å². The third-order valence-electron chi connectivity index (χ3n) is 10.9. The Morgan fingerprint density at radius 1 is 0.812 bits per heavy atom. The second-order valence-corrected chi connectivity index (χ2v) is 14.5. The number of hydrogen-bond acceptors (Lipinski definition) is 10. The topological polar surface area (TPSA) is 135 Å². The van der Waals surface area contributed by atoms with E-state index in [0.29, 0.717) is 12.0 Å². The summed E-state index contributed by atoms with van der Waals surface area (Å²) in [7, 11) is 0. The van der Waals surface area contributed by atoms with Crippen LogP contribution in [-0.4, -0.2) is 65.3 Å². The lowest BCUT2D eigenvalue weighted by Gasteiger charge is -2.41. The van der Waals surface area contributed by atoms with Gasteiger partial charge in [0.1, 0.15) is 18.3 Å². The molecule has 254 valence electrons. The van der Waals surface area contributed by atoms with E-state index in [9.17, 15) is 24.0 Å². The summed E-state index contributed by atoms with van der Waals surface area (Å²) < 4.78 is 30.7. The fourth-order valence-electron chi connectivity index (χ4n) is 8.48. The number of benzene rings is 2. The molecule has 6 rings (SSSR count). The summed E-state index contributed by atoms with van der Waals surface area (Å²) in [6, 6.07) is 16.9. The van der Waals surface area contributed by atoms with Gasteiger partial charge < -0.3 is 23.7 Å². The molecular weight excluding hydrogens is 616 g/mol. The highest BCUT2D eigenvalue weighted by molar-refractivity contribution is 6.00. The molecule has 0 unspecified atom stereocenters. The highest BCUT2D eigenvalue weighted by Gasteiger charge is 2.79. The van der Waals surface area contributed by atoms with E-state index in [1.54, 1.807) is 74.5 Å². The van der Waals surface area contributed by atoms with Gasteiger partial charge in [0.2, 0.25) is 5.78 Å². The minimum absolute atomic E-state index is 0.0362. The molecule has 3 aliphatic carbocycles. The Balaban J connectivity index is 1.51. The molecule has 3 saturated carbocycles. The van der Waals surface area contributed by atoms with Crippen LogP contribution in [0.2, 0.25) is 0 Å². The Bertz CT molecular complexity index is 1650. The second-order valence-electron chi connectivity index (χ2n) is 14.5. The lowest BCUT2D eigenvalue weighted by atomic mass is 9.74. The number of hydrogen-bond donors (Lipinski definition) is 0. The Morgan fingerprint density at radius 3 is 1.92 bits per heavy atom. The SMILES string of the molecule is C=C1[C@H](OC(=O)c2ccccc2)C[C@H]2[C@@H]([C@H]3O[C@]3(C)C(=O)[C@@]3(OC(C)=O)C[C@H](C)[C@H](OC(=O)c4ccccc4)[C@@H]3[C@H]1OC(C)=O)C2(C)C. The van der Waals surface area contributed by atoms with E-state index in [0.717, 1.165) is 0 Å². The average molecular weight is 659 g/mol. The minimum Gasteiger partial charge on any atom is -0.458 e. The van der Waals surface area contributed by atoms with E-state index in [1.165, 1.54) is 13.8 Å². The van der Waals surface area contributed by atoms with Gasteiger partial charge in [-0.25, -0.2) is 9.59 Å². The van der Waals surface area contributed by atoms with Crippen molar-refractivity contribution < 1.29 is 47.7 Å². The molecule has 2 aromatic rings. The maximum absolute atomic E-state index is 15.0. The fraction of sp³-hybridized carbons (Fsp3) is 0.500. The van der Waals surface area contributed by atoms with Crippen LogP contribution >= 0.6 is 0 Å². The Labute approximate surface area is 280 Å². The van der Waals surface area contributed by atoms with Crippen molar-refractivity contribution in [2.24, 2.45) is 29.1 Å². The summed E-state index contributed by atoms with van der Waals surface area (Å²) in [4.78, 5) is 67.9. The van der Waals surface area contributed by atoms with E-state index < -0.39 is 77.1 Å². The summed E-state index contributed by atoms with van der Waals surface area (Å²) >= 11 is 0. The summed E-state index contributed by atoms with van der Waals surface area (Å²) in [5, 5.41) is 0. The maximum atomic E-state index is 15.0. The molecule has 10 heteroatoms. The van der Waals surface area contributed by atoms with Crippen molar-refractivity contribution in [3.05, 3.63) is 83.9 Å². The van der Waals surface area contributed by atoms with Gasteiger partial charge in [-0.15, -0.1) is 0 Å². The predicted octanol–water partition coefficient (Wildman–Crippen LogP) is 5.29. The molecule has 0 N–H and O–H groups in total. The molecule has 0 aromatic heterocycles. The molecule has 1 saturated heterocycles. The molecule has 0 amide bonds. The molecule has 10 atom stereocenters. The van der Waals surface area contributed by atoms with Gasteiger partial charge in [0.15, 0.2) is 11.2 Å². The van der Waals surface area contributed by atoms with Crippen LogP contribution in [0.3, 0.4) is 0 Å². The Kier molecular flexibility index (Phi) is 8.38. The molecule has 1 aliphatic heterocycles. The zero-order chi connectivity index (χ0) is 34.8. The summed E-state index contributed by atoms with van der Waals surface area (Å²) in [5.74, 6) is -5.12. The number of esters is 4. The van der Waals surface area contributed by atoms with E-state index in [1.807, 2.05) is 0 Å². The zero-order valence-electron chi connectivity index (χ0n) is 28.1. The van der Waals surface area contributed by atoms with Crippen molar-refractivity contribution in [2.75, 3.05) is 0 Å². The smallest absolute Gasteiger partial charge is 0.338 e. The number of epoxide rings is 1. The molecule has 4 aliphatic rings. The van der Waals surface area contributed by atoms with Crippen molar-refractivity contribution in [3.63, 3.8) is 0 Å². The van der Waals surface area contributed by atoms with Gasteiger partial charge >= 0.3 is 23.9 Å². The van der Waals surface area contributed by atoms with Crippen molar-refractivity contribution in [2.45, 2.75) is 90.0 Å². The van der Waals surface area contributed by atoms with Crippen LogP contribution in [0.1, 0.15) is 75.1 Å². The highest BCUT2D eigenvalue weighted by atomic mass is 16.6. The first-order chi connectivity index (χ1) is 22.6. The molecule has 0 bridgehead atoms. The second kappa shape index (κ2) is 12.0. The van der Waals surface area contributed by atoms with E-state index >= 15 is 0 Å². The maximum Gasteiger partial charge on any atom is 0.338 e. The average Bonchev–Trinajstić information content (AvgIpc) is 3.83.